The molecule has 5 rings (SSSR count). The van der Waals surface area contributed by atoms with Crippen molar-refractivity contribution in [2.75, 3.05) is 40.0 Å². The molecule has 174 valence electrons. The van der Waals surface area contributed by atoms with Crippen molar-refractivity contribution in [1.29, 1.82) is 0 Å². The summed E-state index contributed by atoms with van der Waals surface area (Å²) in [6.07, 6.45) is 2.25. The van der Waals surface area contributed by atoms with E-state index in [1.165, 1.54) is 5.56 Å². The van der Waals surface area contributed by atoms with Gasteiger partial charge in [-0.3, -0.25) is 9.69 Å². The number of benzene rings is 2. The molecule has 2 fully saturated rings. The van der Waals surface area contributed by atoms with Crippen molar-refractivity contribution in [1.82, 2.24) is 9.91 Å². The summed E-state index contributed by atoms with van der Waals surface area (Å²) < 4.78 is 17.1. The lowest BCUT2D eigenvalue weighted by Gasteiger charge is -2.37. The van der Waals surface area contributed by atoms with Crippen molar-refractivity contribution >= 4 is 11.6 Å². The molecule has 1 atom stereocenters. The second-order valence-corrected chi connectivity index (χ2v) is 9.03. The molecule has 2 saturated heterocycles. The van der Waals surface area contributed by atoms with Gasteiger partial charge in [0.15, 0.2) is 5.79 Å². The van der Waals surface area contributed by atoms with Crippen LogP contribution >= 0.6 is 0 Å². The number of hydrogen-bond acceptors (Lipinski definition) is 6. The van der Waals surface area contributed by atoms with Gasteiger partial charge in [0, 0.05) is 32.4 Å². The van der Waals surface area contributed by atoms with Gasteiger partial charge in [0.2, 0.25) is 0 Å². The van der Waals surface area contributed by atoms with Crippen LogP contribution in [0.5, 0.6) is 5.75 Å². The number of piperidine rings is 1. The molecule has 3 aliphatic rings. The summed E-state index contributed by atoms with van der Waals surface area (Å²) in [5, 5.41) is 6.51. The third kappa shape index (κ3) is 4.67. The molecular formula is C26H31N3O4. The van der Waals surface area contributed by atoms with Gasteiger partial charge >= 0.3 is 0 Å². The van der Waals surface area contributed by atoms with Crippen LogP contribution in [0, 0.1) is 6.92 Å². The van der Waals surface area contributed by atoms with Crippen molar-refractivity contribution in [3.8, 4) is 5.75 Å². The molecule has 2 aromatic rings. The van der Waals surface area contributed by atoms with Gasteiger partial charge in [-0.05, 0) is 30.2 Å². The van der Waals surface area contributed by atoms with Gasteiger partial charge in [-0.25, -0.2) is 5.01 Å². The van der Waals surface area contributed by atoms with Crippen LogP contribution in [0.3, 0.4) is 0 Å². The maximum absolute atomic E-state index is 13.5. The fourth-order valence-electron chi connectivity index (χ4n) is 4.95. The Morgan fingerprint density at radius 1 is 1.12 bits per heavy atom. The normalized spacial score (nSPS) is 22.5. The van der Waals surface area contributed by atoms with Crippen molar-refractivity contribution < 1.29 is 19.0 Å². The Kier molecular flexibility index (Phi) is 6.19. The van der Waals surface area contributed by atoms with Gasteiger partial charge < -0.3 is 14.2 Å². The number of aryl methyl sites for hydroxylation is 1. The highest BCUT2D eigenvalue weighted by molar-refractivity contribution is 6.03. The lowest BCUT2D eigenvalue weighted by molar-refractivity contribution is -0.186. The Hall–Kier alpha value is -2.74. The summed E-state index contributed by atoms with van der Waals surface area (Å²) in [7, 11) is 1.66. The van der Waals surface area contributed by atoms with Crippen molar-refractivity contribution in [3.63, 3.8) is 0 Å². The molecular weight excluding hydrogens is 418 g/mol. The highest BCUT2D eigenvalue weighted by Crippen LogP contribution is 2.35. The molecule has 33 heavy (non-hydrogen) atoms. The molecule has 2 aromatic carbocycles. The molecule has 3 heterocycles. The first-order chi connectivity index (χ1) is 16.0. The van der Waals surface area contributed by atoms with Crippen LogP contribution in [-0.2, 0) is 14.3 Å². The van der Waals surface area contributed by atoms with E-state index < -0.39 is 5.79 Å². The van der Waals surface area contributed by atoms with E-state index in [1.54, 1.807) is 12.1 Å². The van der Waals surface area contributed by atoms with Gasteiger partial charge in [-0.15, -0.1) is 0 Å². The maximum atomic E-state index is 13.5. The van der Waals surface area contributed by atoms with Crippen molar-refractivity contribution in [2.24, 2.45) is 5.10 Å². The van der Waals surface area contributed by atoms with Gasteiger partial charge in [0.25, 0.3) is 5.91 Å². The smallest absolute Gasteiger partial charge is 0.257 e. The molecule has 7 nitrogen and oxygen atoms in total. The summed E-state index contributed by atoms with van der Waals surface area (Å²) in [5.74, 6) is 0.351. The lowest BCUT2D eigenvalue weighted by Crippen LogP contribution is -2.48. The van der Waals surface area contributed by atoms with Crippen LogP contribution < -0.4 is 4.74 Å². The maximum Gasteiger partial charge on any atom is 0.257 e. The van der Waals surface area contributed by atoms with E-state index in [0.29, 0.717) is 26.2 Å². The van der Waals surface area contributed by atoms with Crippen molar-refractivity contribution in [3.05, 3.63) is 65.2 Å². The summed E-state index contributed by atoms with van der Waals surface area (Å²) in [6.45, 7) is 5.27. The van der Waals surface area contributed by atoms with Crippen LogP contribution in [0.25, 0.3) is 0 Å². The molecule has 0 saturated carbocycles. The molecule has 0 N–H and O–H groups in total. The minimum atomic E-state index is -0.438. The second-order valence-electron chi connectivity index (χ2n) is 9.03. The molecule has 7 heteroatoms. The van der Waals surface area contributed by atoms with E-state index in [-0.39, 0.29) is 11.9 Å². The Bertz CT molecular complexity index is 1040. The van der Waals surface area contributed by atoms with Gasteiger partial charge in [-0.1, -0.05) is 42.0 Å². The Morgan fingerprint density at radius 3 is 2.61 bits per heavy atom. The topological polar surface area (TPSA) is 63.6 Å². The zero-order valence-corrected chi connectivity index (χ0v) is 19.3. The second kappa shape index (κ2) is 9.25. The fraction of sp³-hybridized carbons (Fsp3) is 0.462. The molecule has 0 radical (unpaired) electrons. The number of rotatable bonds is 5. The van der Waals surface area contributed by atoms with Crippen LogP contribution in [0.15, 0.2) is 53.6 Å². The number of hydrazone groups is 1. The molecule has 0 bridgehead atoms. The SMILES string of the molecule is COc1cccc([C@@H]2CC(c3cccc(C)c3)=NN2C(=O)CN2CCC3(CC2)OCCO3)c1. The number of carbonyl (C=O) groups excluding carboxylic acids is 1. The van der Waals surface area contributed by atoms with Crippen LogP contribution in [0.4, 0.5) is 0 Å². The Morgan fingerprint density at radius 2 is 1.88 bits per heavy atom. The first-order valence-corrected chi connectivity index (χ1v) is 11.7. The van der Waals surface area contributed by atoms with Gasteiger partial charge in [-0.2, -0.15) is 5.10 Å². The zero-order chi connectivity index (χ0) is 22.8. The third-order valence-corrected chi connectivity index (χ3v) is 6.79. The van der Waals surface area contributed by atoms with Crippen molar-refractivity contribution in [2.45, 2.75) is 38.0 Å². The van der Waals surface area contributed by atoms with Gasteiger partial charge in [0.05, 0.1) is 38.6 Å². The largest absolute Gasteiger partial charge is 0.497 e. The molecule has 3 aliphatic heterocycles. The first kappa shape index (κ1) is 22.1. The number of ether oxygens (including phenoxy) is 3. The number of methoxy groups -OCH3 is 1. The predicted octanol–water partition coefficient (Wildman–Crippen LogP) is 3.52. The molecule has 0 unspecified atom stereocenters. The minimum absolute atomic E-state index is 0.00896. The summed E-state index contributed by atoms with van der Waals surface area (Å²) >= 11 is 0. The van der Waals surface area contributed by atoms with Gasteiger partial charge in [0.1, 0.15) is 5.75 Å². The lowest BCUT2D eigenvalue weighted by atomic mass is 9.97. The summed E-state index contributed by atoms with van der Waals surface area (Å²) in [5.41, 5.74) is 4.20. The average Bonchev–Trinajstić information content (AvgIpc) is 3.49. The zero-order valence-electron chi connectivity index (χ0n) is 19.3. The first-order valence-electron chi connectivity index (χ1n) is 11.7. The van der Waals surface area contributed by atoms with Crippen LogP contribution in [0.2, 0.25) is 0 Å². The fourth-order valence-corrected chi connectivity index (χ4v) is 4.95. The predicted molar refractivity (Wildman–Crippen MR) is 125 cm³/mol. The summed E-state index contributed by atoms with van der Waals surface area (Å²) in [6, 6.07) is 16.1. The minimum Gasteiger partial charge on any atom is -0.497 e. The highest BCUT2D eigenvalue weighted by Gasteiger charge is 2.41. The van der Waals surface area contributed by atoms with E-state index in [0.717, 1.165) is 48.5 Å². The summed E-state index contributed by atoms with van der Waals surface area (Å²) in [4.78, 5) is 15.7. The number of nitrogens with zero attached hydrogens (tertiary/aromatic N) is 3. The number of likely N-dealkylation sites (tertiary alicyclic amines) is 1. The quantitative estimate of drug-likeness (QED) is 0.699. The number of amides is 1. The van der Waals surface area contributed by atoms with E-state index in [4.69, 9.17) is 19.3 Å². The van der Waals surface area contributed by atoms with E-state index in [9.17, 15) is 4.79 Å². The van der Waals surface area contributed by atoms with E-state index >= 15 is 0 Å². The molecule has 0 aromatic heterocycles. The monoisotopic (exact) mass is 449 g/mol. The van der Waals surface area contributed by atoms with Crippen LogP contribution in [0.1, 0.15) is 42.0 Å². The van der Waals surface area contributed by atoms with Crippen LogP contribution in [-0.4, -0.2) is 67.3 Å². The van der Waals surface area contributed by atoms with E-state index in [1.807, 2.05) is 30.3 Å². The standard InChI is InChI=1S/C26H31N3O4/c1-19-5-3-6-20(15-19)23-17-24(21-7-4-8-22(16-21)31-2)29(27-23)25(30)18-28-11-9-26(10-12-28)32-13-14-33-26/h3-8,15-16,24H,9-14,17-18H2,1-2H3/t24-/m0/s1. The number of hydrogen-bond donors (Lipinski definition) is 0. The average molecular weight is 450 g/mol. The molecule has 1 spiro atoms. The Balaban J connectivity index is 1.35. The molecule has 0 aliphatic carbocycles. The third-order valence-electron chi connectivity index (χ3n) is 6.79. The van der Waals surface area contributed by atoms with E-state index in [2.05, 4.69) is 30.0 Å². The highest BCUT2D eigenvalue weighted by atomic mass is 16.7. The molecule has 1 amide bonds. The Labute approximate surface area is 194 Å². The number of carbonyl (C=O) groups is 1.